The number of rotatable bonds is 9. The van der Waals surface area contributed by atoms with Gasteiger partial charge in [0.05, 0.1) is 46.2 Å². The molecule has 12 nitrogen and oxygen atoms in total. The Kier molecular flexibility index (Phi) is 8.14. The van der Waals surface area contributed by atoms with Crippen LogP contribution in [0.15, 0.2) is 49.3 Å². The van der Waals surface area contributed by atoms with Gasteiger partial charge in [0.2, 0.25) is 0 Å². The summed E-state index contributed by atoms with van der Waals surface area (Å²) in [4.78, 5) is 18.3. The van der Waals surface area contributed by atoms with Gasteiger partial charge in [-0.05, 0) is 64.7 Å². The maximum atomic E-state index is 12.6. The van der Waals surface area contributed by atoms with E-state index >= 15 is 0 Å². The Balaban J connectivity index is 1.26. The first kappa shape index (κ1) is 28.8. The van der Waals surface area contributed by atoms with Crippen molar-refractivity contribution in [3.63, 3.8) is 0 Å². The van der Waals surface area contributed by atoms with Crippen molar-refractivity contribution >= 4 is 27.3 Å². The second kappa shape index (κ2) is 12.1. The zero-order valence-corrected chi connectivity index (χ0v) is 25.5. The minimum atomic E-state index is -3.46. The molecule has 5 heterocycles. The number of anilines is 3. The molecule has 0 radical (unpaired) electrons. The predicted molar refractivity (Wildman–Crippen MR) is 165 cm³/mol. The van der Waals surface area contributed by atoms with Crippen molar-refractivity contribution in [1.82, 2.24) is 38.8 Å². The number of aryl methyl sites for hydroxylation is 1. The molecule has 1 atom stereocenters. The van der Waals surface area contributed by atoms with Crippen molar-refractivity contribution in [3.8, 4) is 23.2 Å². The number of nitrogens with zero attached hydrogens (tertiary/aromatic N) is 9. The van der Waals surface area contributed by atoms with Crippen LogP contribution in [0.5, 0.6) is 0 Å². The van der Waals surface area contributed by atoms with Gasteiger partial charge < -0.3 is 15.1 Å². The molecule has 13 heteroatoms. The molecule has 0 bridgehead atoms. The van der Waals surface area contributed by atoms with Crippen LogP contribution in [-0.2, 0) is 17.1 Å². The summed E-state index contributed by atoms with van der Waals surface area (Å²) in [6, 6.07) is 3.79. The maximum absolute atomic E-state index is 12.6. The highest BCUT2D eigenvalue weighted by atomic mass is 32.2. The standard InChI is InChI=1S/C30H36N10O2S/c1-37(2)14-11-22-5-4-13-39(20-22)27-15-29(32-17-24(27)7-6-23-16-33-38(3)19-23)35-28-10-12-31-30(36-28)25-18-34-40(21-25)43(41,42)26-8-9-26/h10,12,15-19,21-22,26H,4-5,8-9,11,13-14,20H2,1-3H3,(H,31,32,35,36). The lowest BCUT2D eigenvalue weighted by molar-refractivity contribution is 0.319. The summed E-state index contributed by atoms with van der Waals surface area (Å²) in [7, 11) is 2.65. The second-order valence-electron chi connectivity index (χ2n) is 11.5. The van der Waals surface area contributed by atoms with Gasteiger partial charge in [0.25, 0.3) is 10.0 Å². The molecule has 224 valence electrons. The molecule has 0 aromatic carbocycles. The van der Waals surface area contributed by atoms with Crippen molar-refractivity contribution < 1.29 is 8.42 Å². The van der Waals surface area contributed by atoms with E-state index in [4.69, 9.17) is 0 Å². The first-order chi connectivity index (χ1) is 20.7. The molecule has 2 fully saturated rings. The Morgan fingerprint density at radius 2 is 1.91 bits per heavy atom. The van der Waals surface area contributed by atoms with Gasteiger partial charge in [-0.15, -0.1) is 0 Å². The van der Waals surface area contributed by atoms with E-state index in [-0.39, 0.29) is 5.25 Å². The van der Waals surface area contributed by atoms with Crippen molar-refractivity contribution in [1.29, 1.82) is 0 Å². The molecule has 4 aromatic rings. The minimum Gasteiger partial charge on any atom is -0.370 e. The summed E-state index contributed by atoms with van der Waals surface area (Å²) >= 11 is 0. The zero-order chi connectivity index (χ0) is 30.0. The second-order valence-corrected chi connectivity index (χ2v) is 13.6. The number of piperidine rings is 1. The molecular formula is C30H36N10O2S. The lowest BCUT2D eigenvalue weighted by atomic mass is 9.94. The molecule has 43 heavy (non-hydrogen) atoms. The molecule has 0 amide bonds. The third-order valence-corrected chi connectivity index (χ3v) is 9.74. The van der Waals surface area contributed by atoms with Crippen LogP contribution < -0.4 is 10.2 Å². The van der Waals surface area contributed by atoms with Crippen LogP contribution in [0.25, 0.3) is 11.4 Å². The lowest BCUT2D eigenvalue weighted by Crippen LogP contribution is -2.37. The molecule has 0 spiro atoms. The van der Waals surface area contributed by atoms with Gasteiger partial charge >= 0.3 is 0 Å². The van der Waals surface area contributed by atoms with Crippen LogP contribution in [0.4, 0.5) is 17.3 Å². The first-order valence-electron chi connectivity index (χ1n) is 14.5. The molecule has 1 saturated heterocycles. The first-order valence-corrected chi connectivity index (χ1v) is 16.0. The van der Waals surface area contributed by atoms with Crippen LogP contribution in [0.2, 0.25) is 0 Å². The highest BCUT2D eigenvalue weighted by molar-refractivity contribution is 7.90. The molecule has 1 aliphatic carbocycles. The zero-order valence-electron chi connectivity index (χ0n) is 24.7. The third-order valence-electron chi connectivity index (χ3n) is 7.71. The van der Waals surface area contributed by atoms with E-state index < -0.39 is 10.0 Å². The topological polar surface area (TPSA) is 127 Å². The van der Waals surface area contributed by atoms with Crippen LogP contribution in [-0.4, -0.2) is 86.2 Å². The third kappa shape index (κ3) is 6.87. The van der Waals surface area contributed by atoms with Gasteiger partial charge in [-0.25, -0.2) is 23.4 Å². The van der Waals surface area contributed by atoms with Crippen molar-refractivity contribution in [2.75, 3.05) is 43.9 Å². The van der Waals surface area contributed by atoms with Crippen molar-refractivity contribution in [2.45, 2.75) is 37.4 Å². The molecular weight excluding hydrogens is 564 g/mol. The van der Waals surface area contributed by atoms with E-state index in [0.29, 0.717) is 41.8 Å². The molecule has 1 aliphatic heterocycles. The summed E-state index contributed by atoms with van der Waals surface area (Å²) in [5.74, 6) is 8.71. The van der Waals surface area contributed by atoms with Crippen LogP contribution >= 0.6 is 0 Å². The Bertz CT molecular complexity index is 1760. The highest BCUT2D eigenvalue weighted by Gasteiger charge is 2.37. The van der Waals surface area contributed by atoms with Gasteiger partial charge in [-0.2, -0.15) is 14.3 Å². The average Bonchev–Trinajstić information content (AvgIpc) is 3.60. The van der Waals surface area contributed by atoms with E-state index in [9.17, 15) is 8.42 Å². The van der Waals surface area contributed by atoms with E-state index in [1.165, 1.54) is 18.8 Å². The SMILES string of the molecule is CN(C)CCC1CCCN(c2cc(Nc3ccnc(-c4cnn(S(=O)(=O)C5CC5)c4)n3)ncc2C#Cc2cnn(C)c2)C1. The molecule has 2 aliphatic rings. The predicted octanol–water partition coefficient (Wildman–Crippen LogP) is 3.12. The number of pyridine rings is 1. The summed E-state index contributed by atoms with van der Waals surface area (Å²) in [6.07, 6.45) is 14.9. The fraction of sp³-hybridized carbons (Fsp3) is 0.433. The van der Waals surface area contributed by atoms with Gasteiger partial charge in [-0.1, -0.05) is 11.8 Å². The smallest absolute Gasteiger partial charge is 0.256 e. The Morgan fingerprint density at radius 1 is 1.05 bits per heavy atom. The fourth-order valence-electron chi connectivity index (χ4n) is 5.23. The number of hydrogen-bond donors (Lipinski definition) is 1. The monoisotopic (exact) mass is 600 g/mol. The van der Waals surface area contributed by atoms with E-state index in [2.05, 4.69) is 66.2 Å². The van der Waals surface area contributed by atoms with Gasteiger partial charge in [0, 0.05) is 44.8 Å². The van der Waals surface area contributed by atoms with E-state index in [1.807, 2.05) is 19.3 Å². The van der Waals surface area contributed by atoms with Crippen molar-refractivity contribution in [2.24, 2.45) is 13.0 Å². The van der Waals surface area contributed by atoms with Crippen molar-refractivity contribution in [3.05, 3.63) is 60.4 Å². The van der Waals surface area contributed by atoms with Crippen LogP contribution in [0.1, 0.15) is 43.2 Å². The molecule has 4 aromatic heterocycles. The number of nitrogens with one attached hydrogen (secondary N) is 1. The number of hydrogen-bond acceptors (Lipinski definition) is 10. The van der Waals surface area contributed by atoms with Crippen LogP contribution in [0.3, 0.4) is 0 Å². The molecule has 1 N–H and O–H groups in total. The summed E-state index contributed by atoms with van der Waals surface area (Å²) in [6.45, 7) is 2.98. The van der Waals surface area contributed by atoms with Crippen LogP contribution in [0, 0.1) is 17.8 Å². The average molecular weight is 601 g/mol. The Labute approximate surface area is 252 Å². The van der Waals surface area contributed by atoms with Gasteiger partial charge in [0.15, 0.2) is 5.82 Å². The molecule has 6 rings (SSSR count). The van der Waals surface area contributed by atoms with Gasteiger partial charge in [0.1, 0.15) is 11.6 Å². The summed E-state index contributed by atoms with van der Waals surface area (Å²) in [5, 5.41) is 11.3. The number of aromatic nitrogens is 7. The lowest BCUT2D eigenvalue weighted by Gasteiger charge is -2.35. The largest absolute Gasteiger partial charge is 0.370 e. The highest BCUT2D eigenvalue weighted by Crippen LogP contribution is 2.31. The fourth-order valence-corrected chi connectivity index (χ4v) is 6.71. The molecule has 1 saturated carbocycles. The summed E-state index contributed by atoms with van der Waals surface area (Å²) in [5.41, 5.74) is 3.26. The van der Waals surface area contributed by atoms with Gasteiger partial charge in [-0.3, -0.25) is 4.68 Å². The maximum Gasteiger partial charge on any atom is 0.256 e. The Hall–Kier alpha value is -4.28. The normalized spacial score (nSPS) is 17.1. The van der Waals surface area contributed by atoms with E-state index in [0.717, 1.165) is 53.4 Å². The summed E-state index contributed by atoms with van der Waals surface area (Å²) < 4.78 is 27.9. The minimum absolute atomic E-state index is 0.352. The molecule has 1 unspecified atom stereocenters. The van der Waals surface area contributed by atoms with E-state index in [1.54, 1.807) is 29.3 Å². The quantitative estimate of drug-likeness (QED) is 0.286. The Morgan fingerprint density at radius 3 is 2.67 bits per heavy atom.